The maximum absolute atomic E-state index is 3.90. The van der Waals surface area contributed by atoms with Crippen LogP contribution in [0.5, 0.6) is 0 Å². The molecule has 0 spiro atoms. The molecule has 0 aliphatic carbocycles. The Labute approximate surface area is 130 Å². The number of likely N-dealkylation sites (tertiary alicyclic amines) is 1. The second-order valence-electron chi connectivity index (χ2n) is 5.29. The Hall–Kier alpha value is -1.07. The predicted molar refractivity (Wildman–Crippen MR) is 88.3 cm³/mol. The summed E-state index contributed by atoms with van der Waals surface area (Å²) < 4.78 is 1.34. The van der Waals surface area contributed by atoms with Crippen LogP contribution in [-0.4, -0.2) is 38.1 Å². The van der Waals surface area contributed by atoms with E-state index in [2.05, 4.69) is 70.0 Å². The van der Waals surface area contributed by atoms with Crippen LogP contribution in [0.15, 0.2) is 48.2 Å². The van der Waals surface area contributed by atoms with Gasteiger partial charge in [-0.05, 0) is 0 Å². The van der Waals surface area contributed by atoms with Gasteiger partial charge in [-0.2, -0.15) is 0 Å². The van der Waals surface area contributed by atoms with Crippen molar-refractivity contribution in [3.63, 3.8) is 0 Å². The third kappa shape index (κ3) is 3.52. The summed E-state index contributed by atoms with van der Waals surface area (Å²) in [7, 11) is 0. The third-order valence-electron chi connectivity index (χ3n) is 4.00. The minimum absolute atomic E-state index is 0.289. The second-order valence-corrected chi connectivity index (χ2v) is 6.16. The van der Waals surface area contributed by atoms with Crippen LogP contribution in [0.25, 0.3) is 0 Å². The first-order valence-electron chi connectivity index (χ1n) is 7.50. The molecule has 1 aromatic rings. The van der Waals surface area contributed by atoms with E-state index in [0.29, 0.717) is 0 Å². The minimum atomic E-state index is 0.289. The van der Waals surface area contributed by atoms with Gasteiger partial charge in [-0.25, -0.2) is 0 Å². The Bertz CT molecular complexity index is 493. The fourth-order valence-corrected chi connectivity index (χ4v) is 3.83. The van der Waals surface area contributed by atoms with E-state index in [4.69, 9.17) is 0 Å². The van der Waals surface area contributed by atoms with Crippen LogP contribution < -0.4 is 0 Å². The molecule has 1 aliphatic rings. The summed E-state index contributed by atoms with van der Waals surface area (Å²) >= 11 is 3.35. The molecule has 0 radical (unpaired) electrons. The molecule has 2 rings (SSSR count). The zero-order valence-electron chi connectivity index (χ0n) is 12.3. The number of hydrogen-bond acceptors (Lipinski definition) is 1. The van der Waals surface area contributed by atoms with Gasteiger partial charge in [-0.15, -0.1) is 0 Å². The first-order chi connectivity index (χ1) is 9.77. The molecule has 0 bridgehead atoms. The maximum atomic E-state index is 3.90. The van der Waals surface area contributed by atoms with E-state index in [1.807, 2.05) is 0 Å². The third-order valence-corrected chi connectivity index (χ3v) is 5.04. The van der Waals surface area contributed by atoms with Gasteiger partial charge < -0.3 is 0 Å². The van der Waals surface area contributed by atoms with E-state index in [1.165, 1.54) is 48.0 Å². The van der Waals surface area contributed by atoms with Crippen molar-refractivity contribution in [2.45, 2.75) is 38.5 Å². The van der Waals surface area contributed by atoms with Crippen LogP contribution in [0.2, 0.25) is 0 Å². The van der Waals surface area contributed by atoms with Crippen molar-refractivity contribution < 1.29 is 0 Å². The van der Waals surface area contributed by atoms with Gasteiger partial charge in [-0.1, -0.05) is 0 Å². The summed E-state index contributed by atoms with van der Waals surface area (Å²) in [5.74, 6) is 0.289. The van der Waals surface area contributed by atoms with Crippen LogP contribution in [0.1, 0.15) is 44.1 Å². The molecular formula is C18H23NSe. The van der Waals surface area contributed by atoms with Gasteiger partial charge in [0, 0.05) is 0 Å². The number of nitrogens with zero attached hydrogens (tertiary/aromatic N) is 1. The van der Waals surface area contributed by atoms with E-state index in [-0.39, 0.29) is 5.92 Å². The molecule has 106 valence electrons. The molecule has 0 saturated carbocycles. The van der Waals surface area contributed by atoms with Crippen molar-refractivity contribution in [1.82, 2.24) is 4.90 Å². The zero-order chi connectivity index (χ0) is 14.4. The van der Waals surface area contributed by atoms with Crippen LogP contribution in [0.4, 0.5) is 0 Å². The van der Waals surface area contributed by atoms with E-state index in [0.717, 1.165) is 6.42 Å². The molecule has 0 N–H and O–H groups in total. The van der Waals surface area contributed by atoms with E-state index < -0.39 is 0 Å². The Balaban J connectivity index is 2.31. The van der Waals surface area contributed by atoms with Crippen LogP contribution in [0.3, 0.4) is 0 Å². The number of rotatable bonds is 5. The Morgan fingerprint density at radius 2 is 1.90 bits per heavy atom. The normalized spacial score (nSPS) is 16.4. The Morgan fingerprint density at radius 1 is 1.25 bits per heavy atom. The van der Waals surface area contributed by atoms with Gasteiger partial charge in [0.05, 0.1) is 0 Å². The molecule has 2 heteroatoms. The molecular weight excluding hydrogens is 309 g/mol. The summed E-state index contributed by atoms with van der Waals surface area (Å²) in [4.78, 5) is 2.51. The molecule has 1 aliphatic heterocycles. The van der Waals surface area contributed by atoms with Crippen molar-refractivity contribution in [3.8, 4) is 0 Å². The summed E-state index contributed by atoms with van der Waals surface area (Å²) in [6, 6.07) is 10.7. The standard InChI is InChI=1S/C18H23NSe/c1-3-15(4-2)17(16-11-7-5-8-12-16)18(20)19-13-9-6-10-14-19/h5,7-8,11-12,17H,1,4,6,9-10,13-14H2,2H3. The molecule has 1 nitrogen and oxygen atoms in total. The molecule has 1 heterocycles. The van der Waals surface area contributed by atoms with Gasteiger partial charge in [0.25, 0.3) is 0 Å². The fourth-order valence-electron chi connectivity index (χ4n) is 2.87. The van der Waals surface area contributed by atoms with E-state index >= 15 is 0 Å². The summed E-state index contributed by atoms with van der Waals surface area (Å²) in [6.07, 6.45) is 4.94. The first-order valence-corrected chi connectivity index (χ1v) is 8.36. The average Bonchev–Trinajstić information content (AvgIpc) is 2.53. The fraction of sp³-hybridized carbons (Fsp3) is 0.444. The molecule has 1 aromatic carbocycles. The molecule has 0 aromatic heterocycles. The SMILES string of the molecule is C=C=C(CC)C(C(=[Se])N1CCCCC1)c1ccccc1. The summed E-state index contributed by atoms with van der Waals surface area (Å²) in [5.41, 5.74) is 5.78. The van der Waals surface area contributed by atoms with Crippen molar-refractivity contribution >= 4 is 20.1 Å². The van der Waals surface area contributed by atoms with E-state index in [9.17, 15) is 0 Å². The predicted octanol–water partition coefficient (Wildman–Crippen LogP) is 3.68. The van der Waals surface area contributed by atoms with Crippen molar-refractivity contribution in [2.24, 2.45) is 0 Å². The van der Waals surface area contributed by atoms with Gasteiger partial charge in [0.2, 0.25) is 0 Å². The van der Waals surface area contributed by atoms with Crippen molar-refractivity contribution in [3.05, 3.63) is 53.8 Å². The second kappa shape index (κ2) is 7.64. The molecule has 0 amide bonds. The van der Waals surface area contributed by atoms with Gasteiger partial charge in [0.1, 0.15) is 0 Å². The number of benzene rings is 1. The van der Waals surface area contributed by atoms with Gasteiger partial charge in [0.15, 0.2) is 0 Å². The topological polar surface area (TPSA) is 3.24 Å². The van der Waals surface area contributed by atoms with E-state index in [1.54, 1.807) is 0 Å². The Kier molecular flexibility index (Phi) is 5.85. The molecule has 20 heavy (non-hydrogen) atoms. The van der Waals surface area contributed by atoms with Gasteiger partial charge >= 0.3 is 130 Å². The van der Waals surface area contributed by atoms with Crippen molar-refractivity contribution in [1.29, 1.82) is 0 Å². The number of piperidine rings is 1. The molecule has 1 atom stereocenters. The monoisotopic (exact) mass is 333 g/mol. The molecule has 1 saturated heterocycles. The number of hydrogen-bond donors (Lipinski definition) is 0. The first kappa shape index (κ1) is 15.3. The molecule has 1 unspecified atom stereocenters. The Morgan fingerprint density at radius 3 is 2.45 bits per heavy atom. The molecule has 1 fully saturated rings. The van der Waals surface area contributed by atoms with Crippen LogP contribution in [-0.2, 0) is 0 Å². The quantitative estimate of drug-likeness (QED) is 0.587. The average molecular weight is 332 g/mol. The van der Waals surface area contributed by atoms with Crippen LogP contribution >= 0.6 is 0 Å². The summed E-state index contributed by atoms with van der Waals surface area (Å²) in [5, 5.41) is 0. The van der Waals surface area contributed by atoms with Crippen LogP contribution in [0, 0.1) is 0 Å². The zero-order valence-corrected chi connectivity index (χ0v) is 14.0. The van der Waals surface area contributed by atoms with Crippen molar-refractivity contribution in [2.75, 3.05) is 13.1 Å². The van der Waals surface area contributed by atoms with Gasteiger partial charge in [-0.3, -0.25) is 0 Å². The summed E-state index contributed by atoms with van der Waals surface area (Å²) in [6.45, 7) is 8.42.